The highest BCUT2D eigenvalue weighted by Crippen LogP contribution is 2.26. The van der Waals surface area contributed by atoms with Crippen LogP contribution in [0.1, 0.15) is 5.56 Å². The molecule has 0 bridgehead atoms. The van der Waals surface area contributed by atoms with E-state index in [0.717, 1.165) is 21.0 Å². The van der Waals surface area contributed by atoms with Crippen LogP contribution < -0.4 is 10.9 Å². The third kappa shape index (κ3) is 4.21. The molecule has 0 saturated heterocycles. The van der Waals surface area contributed by atoms with Gasteiger partial charge in [-0.2, -0.15) is 5.10 Å². The molecule has 0 radical (unpaired) electrons. The molecular weight excluding hydrogens is 369 g/mol. The number of aromatic nitrogens is 2. The van der Waals surface area contributed by atoms with Crippen LogP contribution in [-0.4, -0.2) is 15.7 Å². The Kier molecular flexibility index (Phi) is 5.16. The number of carbonyl (C=O) groups is 1. The van der Waals surface area contributed by atoms with Crippen LogP contribution in [0.2, 0.25) is 0 Å². The Balaban J connectivity index is 1.55. The molecule has 1 N–H and O–H groups in total. The van der Waals surface area contributed by atoms with Crippen molar-refractivity contribution in [2.24, 2.45) is 0 Å². The Morgan fingerprint density at radius 3 is 2.62 bits per heavy atom. The lowest BCUT2D eigenvalue weighted by atomic mass is 10.0. The monoisotopic (exact) mass is 387 g/mol. The van der Waals surface area contributed by atoms with Gasteiger partial charge in [0.15, 0.2) is 0 Å². The molecule has 4 rings (SSSR count). The first-order valence-corrected chi connectivity index (χ1v) is 9.17. The van der Waals surface area contributed by atoms with Gasteiger partial charge in [-0.15, -0.1) is 0 Å². The van der Waals surface area contributed by atoms with Crippen LogP contribution in [-0.2, 0) is 17.9 Å². The number of nitrogens with zero attached hydrogens (tertiary/aromatic N) is 2. The summed E-state index contributed by atoms with van der Waals surface area (Å²) in [5, 5.41) is 9.15. The highest BCUT2D eigenvalue weighted by molar-refractivity contribution is 5.95. The lowest BCUT2D eigenvalue weighted by Crippen LogP contribution is -2.33. The van der Waals surface area contributed by atoms with Crippen LogP contribution in [0.3, 0.4) is 0 Å². The van der Waals surface area contributed by atoms with Gasteiger partial charge >= 0.3 is 0 Å². The van der Waals surface area contributed by atoms with Crippen molar-refractivity contribution in [1.29, 1.82) is 0 Å². The summed E-state index contributed by atoms with van der Waals surface area (Å²) >= 11 is 0. The van der Waals surface area contributed by atoms with Crippen molar-refractivity contribution in [3.8, 4) is 11.3 Å². The summed E-state index contributed by atoms with van der Waals surface area (Å²) in [7, 11) is 0. The molecule has 0 aliphatic heterocycles. The molecule has 0 spiro atoms. The Bertz CT molecular complexity index is 1240. The van der Waals surface area contributed by atoms with Gasteiger partial charge in [0, 0.05) is 18.2 Å². The SMILES string of the molecule is O=C(Cn1nc(-c2cccc3ccccc23)ccc1=O)NCc1cccc(F)c1. The first kappa shape index (κ1) is 18.6. The van der Waals surface area contributed by atoms with Gasteiger partial charge in [0.25, 0.3) is 5.56 Å². The minimum Gasteiger partial charge on any atom is -0.350 e. The van der Waals surface area contributed by atoms with E-state index in [1.807, 2.05) is 42.5 Å². The molecule has 5 nitrogen and oxygen atoms in total. The predicted molar refractivity (Wildman–Crippen MR) is 110 cm³/mol. The van der Waals surface area contributed by atoms with Crippen molar-refractivity contribution in [3.63, 3.8) is 0 Å². The van der Waals surface area contributed by atoms with E-state index >= 15 is 0 Å². The Labute approximate surface area is 166 Å². The highest BCUT2D eigenvalue weighted by atomic mass is 19.1. The topological polar surface area (TPSA) is 64.0 Å². The number of amides is 1. The highest BCUT2D eigenvalue weighted by Gasteiger charge is 2.10. The van der Waals surface area contributed by atoms with E-state index in [9.17, 15) is 14.0 Å². The minimum absolute atomic E-state index is 0.175. The first-order valence-electron chi connectivity index (χ1n) is 9.17. The molecule has 1 aromatic heterocycles. The lowest BCUT2D eigenvalue weighted by Gasteiger charge is -2.10. The molecule has 0 fully saturated rings. The normalized spacial score (nSPS) is 10.8. The summed E-state index contributed by atoms with van der Waals surface area (Å²) in [6.07, 6.45) is 0. The van der Waals surface area contributed by atoms with Crippen molar-refractivity contribution in [2.75, 3.05) is 0 Å². The number of nitrogens with one attached hydrogen (secondary N) is 1. The molecule has 4 aromatic rings. The first-order chi connectivity index (χ1) is 14.1. The molecule has 0 aliphatic carbocycles. The zero-order valence-electron chi connectivity index (χ0n) is 15.5. The largest absolute Gasteiger partial charge is 0.350 e. The van der Waals surface area contributed by atoms with E-state index in [0.29, 0.717) is 11.3 Å². The minimum atomic E-state index is -0.376. The molecule has 0 aliphatic rings. The van der Waals surface area contributed by atoms with Crippen LogP contribution in [0.15, 0.2) is 83.7 Å². The predicted octanol–water partition coefficient (Wildman–Crippen LogP) is 3.52. The van der Waals surface area contributed by atoms with E-state index in [2.05, 4.69) is 10.4 Å². The number of fused-ring (bicyclic) bond motifs is 1. The fourth-order valence-corrected chi connectivity index (χ4v) is 3.19. The number of hydrogen-bond donors (Lipinski definition) is 1. The van der Waals surface area contributed by atoms with E-state index in [1.165, 1.54) is 18.2 Å². The van der Waals surface area contributed by atoms with Crippen molar-refractivity contribution < 1.29 is 9.18 Å². The average Bonchev–Trinajstić information content (AvgIpc) is 2.73. The van der Waals surface area contributed by atoms with Gasteiger partial charge in [0.1, 0.15) is 12.4 Å². The zero-order valence-corrected chi connectivity index (χ0v) is 15.5. The summed E-state index contributed by atoms with van der Waals surface area (Å²) in [6.45, 7) is -0.0406. The third-order valence-corrected chi connectivity index (χ3v) is 4.60. The third-order valence-electron chi connectivity index (χ3n) is 4.60. The van der Waals surface area contributed by atoms with Crippen LogP contribution >= 0.6 is 0 Å². The average molecular weight is 387 g/mol. The molecule has 29 heavy (non-hydrogen) atoms. The summed E-state index contributed by atoms with van der Waals surface area (Å²) in [5.74, 6) is -0.739. The maximum atomic E-state index is 13.2. The molecule has 144 valence electrons. The summed E-state index contributed by atoms with van der Waals surface area (Å²) < 4.78 is 14.4. The fraction of sp³-hybridized carbons (Fsp3) is 0.0870. The second-order valence-electron chi connectivity index (χ2n) is 6.65. The quantitative estimate of drug-likeness (QED) is 0.570. The number of rotatable bonds is 5. The summed E-state index contributed by atoms with van der Waals surface area (Å²) in [5.41, 5.74) is 1.77. The molecule has 0 saturated carbocycles. The van der Waals surface area contributed by atoms with Crippen molar-refractivity contribution in [2.45, 2.75) is 13.1 Å². The zero-order chi connectivity index (χ0) is 20.2. The Morgan fingerprint density at radius 2 is 1.76 bits per heavy atom. The Morgan fingerprint density at radius 1 is 0.966 bits per heavy atom. The number of carbonyl (C=O) groups excluding carboxylic acids is 1. The van der Waals surface area contributed by atoms with Crippen LogP contribution in [0, 0.1) is 5.82 Å². The van der Waals surface area contributed by atoms with Gasteiger partial charge in [0.2, 0.25) is 5.91 Å². The van der Waals surface area contributed by atoms with Crippen molar-refractivity contribution >= 4 is 16.7 Å². The van der Waals surface area contributed by atoms with Gasteiger partial charge in [0.05, 0.1) is 5.69 Å². The number of benzene rings is 3. The van der Waals surface area contributed by atoms with Crippen LogP contribution in [0.25, 0.3) is 22.0 Å². The second kappa shape index (κ2) is 8.06. The lowest BCUT2D eigenvalue weighted by molar-refractivity contribution is -0.122. The summed E-state index contributed by atoms with van der Waals surface area (Å²) in [6, 6.07) is 22.8. The molecule has 1 heterocycles. The van der Waals surface area contributed by atoms with E-state index < -0.39 is 0 Å². The molecule has 1 amide bonds. The smallest absolute Gasteiger partial charge is 0.267 e. The summed E-state index contributed by atoms with van der Waals surface area (Å²) in [4.78, 5) is 24.5. The van der Waals surface area contributed by atoms with Gasteiger partial charge in [-0.3, -0.25) is 9.59 Å². The second-order valence-corrected chi connectivity index (χ2v) is 6.65. The fourth-order valence-electron chi connectivity index (χ4n) is 3.19. The molecular formula is C23H18FN3O2. The maximum absolute atomic E-state index is 13.2. The molecule has 6 heteroatoms. The van der Waals surface area contributed by atoms with Crippen molar-refractivity contribution in [3.05, 3.63) is 101 Å². The van der Waals surface area contributed by atoms with Crippen molar-refractivity contribution in [1.82, 2.24) is 15.1 Å². The molecule has 0 unspecified atom stereocenters. The van der Waals surface area contributed by atoms with Gasteiger partial charge in [-0.25, -0.2) is 9.07 Å². The van der Waals surface area contributed by atoms with Crippen LogP contribution in [0.5, 0.6) is 0 Å². The van der Waals surface area contributed by atoms with Crippen LogP contribution in [0.4, 0.5) is 4.39 Å². The number of hydrogen-bond acceptors (Lipinski definition) is 3. The number of halogens is 1. The standard InChI is InChI=1S/C23H18FN3O2/c24-18-8-3-5-16(13-18)14-25-22(28)15-27-23(29)12-11-21(26-27)20-10-4-7-17-6-1-2-9-19(17)20/h1-13H,14-15H2,(H,25,28). The molecule has 3 aromatic carbocycles. The van der Waals surface area contributed by atoms with E-state index in [4.69, 9.17) is 0 Å². The van der Waals surface area contributed by atoms with E-state index in [1.54, 1.807) is 18.2 Å². The molecule has 0 atom stereocenters. The van der Waals surface area contributed by atoms with Gasteiger partial charge < -0.3 is 5.32 Å². The maximum Gasteiger partial charge on any atom is 0.267 e. The Hall–Kier alpha value is -3.80. The van der Waals surface area contributed by atoms with Gasteiger partial charge in [-0.1, -0.05) is 54.6 Å². The van der Waals surface area contributed by atoms with E-state index in [-0.39, 0.29) is 30.4 Å². The van der Waals surface area contributed by atoms with Gasteiger partial charge in [-0.05, 0) is 34.5 Å².